The number of aryl methyl sites for hydroxylation is 2. The number of nitrogens with zero attached hydrogens (tertiary/aromatic N) is 1. The summed E-state index contributed by atoms with van der Waals surface area (Å²) in [7, 11) is -2.37. The molecule has 5 nitrogen and oxygen atoms in total. The van der Waals surface area contributed by atoms with Crippen molar-refractivity contribution >= 4 is 38.6 Å². The molecule has 3 rings (SSSR count). The van der Waals surface area contributed by atoms with Crippen molar-refractivity contribution in [3.63, 3.8) is 0 Å². The maximum absolute atomic E-state index is 13.2. The molecule has 0 radical (unpaired) electrons. The highest BCUT2D eigenvalue weighted by Crippen LogP contribution is 2.29. The minimum absolute atomic E-state index is 0.00707. The molecule has 0 saturated carbocycles. The Morgan fingerprint density at radius 3 is 2.33 bits per heavy atom. The predicted molar refractivity (Wildman–Crippen MR) is 124 cm³/mol. The average Bonchev–Trinajstić information content (AvgIpc) is 3.24. The second-order valence-corrected chi connectivity index (χ2v) is 10.0. The van der Waals surface area contributed by atoms with Gasteiger partial charge in [-0.3, -0.25) is 9.10 Å². The maximum atomic E-state index is 13.2. The number of sulfonamides is 1. The average molecular weight is 443 g/mol. The zero-order valence-electron chi connectivity index (χ0n) is 17.4. The number of rotatable bonds is 8. The largest absolute Gasteiger partial charge is 0.321 e. The second kappa shape index (κ2) is 9.45. The lowest BCUT2D eigenvalue weighted by Crippen LogP contribution is -2.28. The van der Waals surface area contributed by atoms with E-state index in [2.05, 4.69) is 12.2 Å². The molecule has 1 N–H and O–H groups in total. The zero-order chi connectivity index (χ0) is 21.7. The summed E-state index contributed by atoms with van der Waals surface area (Å²) in [5.74, 6) is -0.429. The summed E-state index contributed by atoms with van der Waals surface area (Å²) in [6.45, 7) is 4.09. The minimum atomic E-state index is -3.86. The van der Waals surface area contributed by atoms with Crippen molar-refractivity contribution in [2.24, 2.45) is 0 Å². The van der Waals surface area contributed by atoms with Crippen LogP contribution in [-0.2, 0) is 16.4 Å². The van der Waals surface area contributed by atoms with E-state index in [0.29, 0.717) is 11.4 Å². The molecule has 0 aliphatic heterocycles. The third-order valence-electron chi connectivity index (χ3n) is 4.90. The first-order valence-electron chi connectivity index (χ1n) is 9.86. The van der Waals surface area contributed by atoms with Gasteiger partial charge >= 0.3 is 0 Å². The number of benzene rings is 2. The Morgan fingerprint density at radius 1 is 1.03 bits per heavy atom. The number of unbranched alkanes of at least 4 members (excludes halogenated alkanes) is 1. The summed E-state index contributed by atoms with van der Waals surface area (Å²) in [6, 6.07) is 16.4. The van der Waals surface area contributed by atoms with Crippen molar-refractivity contribution in [1.29, 1.82) is 0 Å². The smallest absolute Gasteiger partial charge is 0.267 e. The summed E-state index contributed by atoms with van der Waals surface area (Å²) >= 11 is 1.12. The molecule has 0 fully saturated rings. The molecule has 1 heterocycles. The highest BCUT2D eigenvalue weighted by Gasteiger charge is 2.28. The van der Waals surface area contributed by atoms with Crippen molar-refractivity contribution in [3.05, 3.63) is 76.0 Å². The van der Waals surface area contributed by atoms with Gasteiger partial charge in [-0.05, 0) is 61.0 Å². The first-order chi connectivity index (χ1) is 14.3. The van der Waals surface area contributed by atoms with Gasteiger partial charge in [-0.2, -0.15) is 0 Å². The summed E-state index contributed by atoms with van der Waals surface area (Å²) in [5, 5.41) is 4.44. The Kier molecular flexibility index (Phi) is 6.95. The van der Waals surface area contributed by atoms with Crippen LogP contribution < -0.4 is 9.62 Å². The van der Waals surface area contributed by atoms with Crippen LogP contribution in [0.25, 0.3) is 0 Å². The van der Waals surface area contributed by atoms with Gasteiger partial charge in [0.1, 0.15) is 9.77 Å². The van der Waals surface area contributed by atoms with Crippen LogP contribution in [0.2, 0.25) is 0 Å². The molecule has 0 aliphatic carbocycles. The van der Waals surface area contributed by atoms with E-state index in [1.165, 1.54) is 23.0 Å². The van der Waals surface area contributed by atoms with E-state index < -0.39 is 15.9 Å². The Bertz CT molecular complexity index is 1100. The van der Waals surface area contributed by atoms with Gasteiger partial charge in [-0.1, -0.05) is 43.2 Å². The first kappa shape index (κ1) is 22.1. The number of amides is 1. The molecule has 1 aromatic heterocycles. The van der Waals surface area contributed by atoms with Crippen molar-refractivity contribution in [1.82, 2.24) is 0 Å². The normalized spacial score (nSPS) is 11.3. The fourth-order valence-corrected chi connectivity index (χ4v) is 5.52. The van der Waals surface area contributed by atoms with Gasteiger partial charge in [0.05, 0.1) is 5.69 Å². The Labute approximate surface area is 182 Å². The van der Waals surface area contributed by atoms with Crippen LogP contribution in [0.5, 0.6) is 0 Å². The van der Waals surface area contributed by atoms with E-state index in [1.54, 1.807) is 17.5 Å². The summed E-state index contributed by atoms with van der Waals surface area (Å²) in [6.07, 6.45) is 3.26. The minimum Gasteiger partial charge on any atom is -0.321 e. The number of nitrogens with one attached hydrogen (secondary N) is 1. The molecule has 0 aliphatic rings. The van der Waals surface area contributed by atoms with Crippen molar-refractivity contribution in [3.8, 4) is 0 Å². The standard InChI is InChI=1S/C23H26N2O3S2/c1-4-5-6-18-9-11-19(12-10-18)24-23(26)22-21(15-16-29-22)30(27,28)25(3)20-13-7-17(2)8-14-20/h7-16H,4-6H2,1-3H3,(H,24,26). The third-order valence-corrected chi connectivity index (χ3v) is 7.77. The first-order valence-corrected chi connectivity index (χ1v) is 12.2. The molecule has 0 atom stereocenters. The van der Waals surface area contributed by atoms with Gasteiger partial charge < -0.3 is 5.32 Å². The zero-order valence-corrected chi connectivity index (χ0v) is 19.0. The molecule has 2 aromatic carbocycles. The summed E-state index contributed by atoms with van der Waals surface area (Å²) in [4.78, 5) is 13.0. The van der Waals surface area contributed by atoms with Crippen molar-refractivity contribution in [2.45, 2.75) is 38.0 Å². The molecule has 158 valence electrons. The van der Waals surface area contributed by atoms with Gasteiger partial charge in [0.15, 0.2) is 0 Å². The summed E-state index contributed by atoms with van der Waals surface area (Å²) < 4.78 is 27.5. The number of carbonyl (C=O) groups excluding carboxylic acids is 1. The number of thiophene rings is 1. The lowest BCUT2D eigenvalue weighted by molar-refractivity contribution is 0.102. The van der Waals surface area contributed by atoms with E-state index in [1.807, 2.05) is 43.3 Å². The number of hydrogen-bond acceptors (Lipinski definition) is 4. The number of anilines is 2. The molecule has 3 aromatic rings. The number of carbonyl (C=O) groups is 1. The maximum Gasteiger partial charge on any atom is 0.267 e. The highest BCUT2D eigenvalue weighted by atomic mass is 32.2. The lowest BCUT2D eigenvalue weighted by Gasteiger charge is -2.19. The number of hydrogen-bond donors (Lipinski definition) is 1. The molecular weight excluding hydrogens is 416 g/mol. The predicted octanol–water partition coefficient (Wildman–Crippen LogP) is 5.48. The molecule has 0 bridgehead atoms. The van der Waals surface area contributed by atoms with Gasteiger partial charge in [-0.15, -0.1) is 11.3 Å². The molecule has 7 heteroatoms. The summed E-state index contributed by atoms with van der Waals surface area (Å²) in [5.41, 5.74) is 3.44. The second-order valence-electron chi connectivity index (χ2n) is 7.18. The fourth-order valence-electron chi connectivity index (χ4n) is 3.03. The van der Waals surface area contributed by atoms with Crippen LogP contribution in [0, 0.1) is 6.92 Å². The van der Waals surface area contributed by atoms with Crippen LogP contribution in [-0.4, -0.2) is 21.4 Å². The fraction of sp³-hybridized carbons (Fsp3) is 0.261. The van der Waals surface area contributed by atoms with E-state index in [9.17, 15) is 13.2 Å². The SMILES string of the molecule is CCCCc1ccc(NC(=O)c2sccc2S(=O)(=O)N(C)c2ccc(C)cc2)cc1. The van der Waals surface area contributed by atoms with E-state index in [4.69, 9.17) is 0 Å². The monoisotopic (exact) mass is 442 g/mol. The van der Waals surface area contributed by atoms with Crippen molar-refractivity contribution < 1.29 is 13.2 Å². The van der Waals surface area contributed by atoms with Gasteiger partial charge in [0.2, 0.25) is 0 Å². The molecular formula is C23H26N2O3S2. The Balaban J connectivity index is 1.79. The Hall–Kier alpha value is -2.64. The molecule has 1 amide bonds. The van der Waals surface area contributed by atoms with Crippen LogP contribution >= 0.6 is 11.3 Å². The van der Waals surface area contributed by atoms with E-state index in [-0.39, 0.29) is 9.77 Å². The lowest BCUT2D eigenvalue weighted by atomic mass is 10.1. The molecule has 0 saturated heterocycles. The van der Waals surface area contributed by atoms with Crippen LogP contribution in [0.3, 0.4) is 0 Å². The topological polar surface area (TPSA) is 66.5 Å². The van der Waals surface area contributed by atoms with E-state index in [0.717, 1.165) is 36.2 Å². The van der Waals surface area contributed by atoms with Crippen LogP contribution in [0.15, 0.2) is 64.9 Å². The third kappa shape index (κ3) is 4.91. The highest BCUT2D eigenvalue weighted by molar-refractivity contribution is 7.93. The van der Waals surface area contributed by atoms with Crippen LogP contribution in [0.4, 0.5) is 11.4 Å². The van der Waals surface area contributed by atoms with E-state index >= 15 is 0 Å². The van der Waals surface area contributed by atoms with Crippen LogP contribution in [0.1, 0.15) is 40.6 Å². The van der Waals surface area contributed by atoms with Gasteiger partial charge in [0.25, 0.3) is 15.9 Å². The molecule has 0 unspecified atom stereocenters. The molecule has 0 spiro atoms. The van der Waals surface area contributed by atoms with Gasteiger partial charge in [-0.25, -0.2) is 8.42 Å². The quantitative estimate of drug-likeness (QED) is 0.502. The van der Waals surface area contributed by atoms with Crippen molar-refractivity contribution in [2.75, 3.05) is 16.7 Å². The Morgan fingerprint density at radius 2 is 1.70 bits per heavy atom. The molecule has 30 heavy (non-hydrogen) atoms. The van der Waals surface area contributed by atoms with Gasteiger partial charge in [0, 0.05) is 12.7 Å².